The molecule has 0 aliphatic carbocycles. The predicted octanol–water partition coefficient (Wildman–Crippen LogP) is 14.0. The van der Waals surface area contributed by atoms with Crippen LogP contribution in [0.5, 0.6) is 0 Å². The highest BCUT2D eigenvalue weighted by Gasteiger charge is 2.20. The highest BCUT2D eigenvalue weighted by molar-refractivity contribution is 7.25. The summed E-state index contributed by atoms with van der Waals surface area (Å²) in [7, 11) is 0. The summed E-state index contributed by atoms with van der Waals surface area (Å²) < 4.78 is 7.29. The van der Waals surface area contributed by atoms with Crippen LogP contribution in [0.15, 0.2) is 194 Å². The smallest absolute Gasteiger partial charge is 0.235 e. The summed E-state index contributed by atoms with van der Waals surface area (Å²) >= 11 is 1.86. The van der Waals surface area contributed by atoms with Gasteiger partial charge >= 0.3 is 0 Å². The number of para-hydroxylation sites is 2. The first-order valence-electron chi connectivity index (χ1n) is 19.2. The SMILES string of the molecule is c1ccc(-c2cc(-c3ccccc3)nc(-n3c4ccccc4c4cc(-c5cccc6c5c5ccccc5n6-c5ccc6sc7ccccc7c6c5)ccc43)n2)cc1. The molecule has 0 unspecified atom stereocenters. The fourth-order valence-electron chi connectivity index (χ4n) is 8.80. The molecule has 0 saturated heterocycles. The zero-order valence-corrected chi connectivity index (χ0v) is 31.5. The van der Waals surface area contributed by atoms with E-state index in [4.69, 9.17) is 9.97 Å². The Labute approximate surface area is 332 Å². The van der Waals surface area contributed by atoms with E-state index in [-0.39, 0.29) is 0 Å². The van der Waals surface area contributed by atoms with Crippen LogP contribution in [0.4, 0.5) is 0 Å². The van der Waals surface area contributed by atoms with E-state index in [9.17, 15) is 0 Å². The zero-order chi connectivity index (χ0) is 37.5. The van der Waals surface area contributed by atoms with Gasteiger partial charge in [0.05, 0.1) is 33.5 Å². The molecule has 12 rings (SSSR count). The van der Waals surface area contributed by atoms with E-state index in [1.54, 1.807) is 0 Å². The van der Waals surface area contributed by atoms with Gasteiger partial charge in [0, 0.05) is 58.5 Å². The molecule has 266 valence electrons. The van der Waals surface area contributed by atoms with E-state index >= 15 is 0 Å². The van der Waals surface area contributed by atoms with E-state index < -0.39 is 0 Å². The van der Waals surface area contributed by atoms with Gasteiger partial charge in [0.15, 0.2) is 0 Å². The van der Waals surface area contributed by atoms with Crippen LogP contribution in [-0.4, -0.2) is 19.1 Å². The minimum absolute atomic E-state index is 0.648. The summed E-state index contributed by atoms with van der Waals surface area (Å²) in [5.74, 6) is 0.648. The normalized spacial score (nSPS) is 11.9. The first-order chi connectivity index (χ1) is 28.3. The fourth-order valence-corrected chi connectivity index (χ4v) is 9.88. The fraction of sp³-hybridized carbons (Fsp3) is 0. The number of benzene rings is 8. The van der Waals surface area contributed by atoms with Crippen molar-refractivity contribution in [3.8, 4) is 45.3 Å². The maximum Gasteiger partial charge on any atom is 0.235 e. The molecule has 0 bridgehead atoms. The van der Waals surface area contributed by atoms with E-state index in [0.29, 0.717) is 5.95 Å². The Morgan fingerprint density at radius 3 is 1.70 bits per heavy atom. The molecule has 0 atom stereocenters. The van der Waals surface area contributed by atoms with Crippen LogP contribution in [0.2, 0.25) is 0 Å². The molecule has 5 heteroatoms. The van der Waals surface area contributed by atoms with Crippen LogP contribution in [0.1, 0.15) is 0 Å². The second-order valence-corrected chi connectivity index (χ2v) is 15.7. The van der Waals surface area contributed by atoms with Gasteiger partial charge in [0.25, 0.3) is 0 Å². The topological polar surface area (TPSA) is 35.6 Å². The van der Waals surface area contributed by atoms with Crippen molar-refractivity contribution in [2.45, 2.75) is 0 Å². The molecule has 0 saturated carbocycles. The summed E-state index contributed by atoms with van der Waals surface area (Å²) in [5.41, 5.74) is 11.9. The van der Waals surface area contributed by atoms with Crippen LogP contribution >= 0.6 is 11.3 Å². The highest BCUT2D eigenvalue weighted by Crippen LogP contribution is 2.42. The van der Waals surface area contributed by atoms with E-state index in [0.717, 1.165) is 44.3 Å². The molecular formula is C52H32N4S. The van der Waals surface area contributed by atoms with Crippen LogP contribution in [-0.2, 0) is 0 Å². The van der Waals surface area contributed by atoms with Gasteiger partial charge in [-0.2, -0.15) is 0 Å². The van der Waals surface area contributed by atoms with Gasteiger partial charge < -0.3 is 4.57 Å². The number of fused-ring (bicyclic) bond motifs is 9. The zero-order valence-electron chi connectivity index (χ0n) is 30.7. The first kappa shape index (κ1) is 32.0. The Bertz CT molecular complexity index is 3460. The van der Waals surface area contributed by atoms with Gasteiger partial charge in [-0.3, -0.25) is 4.57 Å². The van der Waals surface area contributed by atoms with Gasteiger partial charge in [-0.15, -0.1) is 11.3 Å². The molecule has 0 fully saturated rings. The van der Waals surface area contributed by atoms with Crippen molar-refractivity contribution in [2.75, 3.05) is 0 Å². The number of hydrogen-bond donors (Lipinski definition) is 0. The maximum atomic E-state index is 5.24. The molecule has 0 amide bonds. The second-order valence-electron chi connectivity index (χ2n) is 14.6. The monoisotopic (exact) mass is 744 g/mol. The van der Waals surface area contributed by atoms with Crippen molar-refractivity contribution >= 4 is 75.1 Å². The van der Waals surface area contributed by atoms with E-state index in [1.165, 1.54) is 58.8 Å². The molecule has 0 radical (unpaired) electrons. The number of hydrogen-bond acceptors (Lipinski definition) is 3. The molecular weight excluding hydrogens is 713 g/mol. The Hall–Kier alpha value is -7.34. The lowest BCUT2D eigenvalue weighted by Crippen LogP contribution is -2.03. The Balaban J connectivity index is 1.07. The largest absolute Gasteiger partial charge is 0.309 e. The van der Waals surface area contributed by atoms with Crippen LogP contribution in [0.3, 0.4) is 0 Å². The lowest BCUT2D eigenvalue weighted by molar-refractivity contribution is 0.995. The van der Waals surface area contributed by atoms with Gasteiger partial charge in [-0.25, -0.2) is 9.97 Å². The molecule has 8 aromatic carbocycles. The first-order valence-corrected chi connectivity index (χ1v) is 20.1. The Kier molecular flexibility index (Phi) is 7.06. The van der Waals surface area contributed by atoms with Crippen LogP contribution in [0.25, 0.3) is 109 Å². The quantitative estimate of drug-likeness (QED) is 0.176. The van der Waals surface area contributed by atoms with Crippen molar-refractivity contribution in [2.24, 2.45) is 0 Å². The average Bonchev–Trinajstić information content (AvgIpc) is 3.94. The maximum absolute atomic E-state index is 5.24. The predicted molar refractivity (Wildman–Crippen MR) is 240 cm³/mol. The lowest BCUT2D eigenvalue weighted by Gasteiger charge is -2.12. The molecule has 0 aliphatic heterocycles. The molecule has 0 aliphatic rings. The van der Waals surface area contributed by atoms with Gasteiger partial charge in [-0.05, 0) is 71.8 Å². The van der Waals surface area contributed by atoms with Crippen LogP contribution < -0.4 is 0 Å². The Morgan fingerprint density at radius 2 is 0.947 bits per heavy atom. The van der Waals surface area contributed by atoms with E-state index in [1.807, 2.05) is 23.5 Å². The number of nitrogens with zero attached hydrogens (tertiary/aromatic N) is 4. The van der Waals surface area contributed by atoms with Gasteiger partial charge in [0.1, 0.15) is 0 Å². The van der Waals surface area contributed by atoms with Gasteiger partial charge in [-0.1, -0.05) is 133 Å². The van der Waals surface area contributed by atoms with E-state index in [2.05, 4.69) is 191 Å². The summed E-state index contributed by atoms with van der Waals surface area (Å²) in [6.45, 7) is 0. The third-order valence-corrected chi connectivity index (χ3v) is 12.5. The molecule has 57 heavy (non-hydrogen) atoms. The second kappa shape index (κ2) is 12.6. The van der Waals surface area contributed by atoms with Crippen LogP contribution in [0, 0.1) is 0 Å². The summed E-state index contributed by atoms with van der Waals surface area (Å²) in [6.07, 6.45) is 0. The molecule has 0 spiro atoms. The van der Waals surface area contributed by atoms with Crippen molar-refractivity contribution in [1.82, 2.24) is 19.1 Å². The van der Waals surface area contributed by atoms with Crippen molar-refractivity contribution in [1.29, 1.82) is 0 Å². The van der Waals surface area contributed by atoms with Gasteiger partial charge in [0.2, 0.25) is 5.95 Å². The minimum Gasteiger partial charge on any atom is -0.309 e. The summed E-state index contributed by atoms with van der Waals surface area (Å²) in [5, 5.41) is 7.41. The third kappa shape index (κ3) is 4.99. The number of rotatable bonds is 5. The van der Waals surface area contributed by atoms with Crippen molar-refractivity contribution in [3.05, 3.63) is 194 Å². The van der Waals surface area contributed by atoms with Crippen molar-refractivity contribution < 1.29 is 0 Å². The number of thiophene rings is 1. The molecule has 4 nitrogen and oxygen atoms in total. The minimum atomic E-state index is 0.648. The third-order valence-electron chi connectivity index (χ3n) is 11.4. The standard InChI is InChI=1S/C52H32N4S/c1-3-14-33(15-4-1)43-32-44(34-16-5-2-6-17-34)54-52(53-43)56-45-22-10-7-18-38(45)41-30-35(26-28-47(41)56)37-21-13-24-48-51(37)40-20-8-11-23-46(40)55(48)36-27-29-50-42(31-36)39-19-9-12-25-49(39)57-50/h1-32H. The number of aromatic nitrogens is 4. The summed E-state index contributed by atoms with van der Waals surface area (Å²) in [6, 6.07) is 69.5. The molecule has 4 heterocycles. The average molecular weight is 745 g/mol. The highest BCUT2D eigenvalue weighted by atomic mass is 32.1. The van der Waals surface area contributed by atoms with Crippen molar-refractivity contribution in [3.63, 3.8) is 0 Å². The molecule has 0 N–H and O–H groups in total. The molecule has 4 aromatic heterocycles. The Morgan fingerprint density at radius 1 is 0.351 bits per heavy atom. The summed E-state index contributed by atoms with van der Waals surface area (Å²) in [4.78, 5) is 10.5. The molecule has 12 aromatic rings. The lowest BCUT2D eigenvalue weighted by atomic mass is 9.98.